The Morgan fingerprint density at radius 2 is 2.12 bits per heavy atom. The minimum Gasteiger partial charge on any atom is -0.380 e. The summed E-state index contributed by atoms with van der Waals surface area (Å²) >= 11 is 0. The summed E-state index contributed by atoms with van der Waals surface area (Å²) in [4.78, 5) is 2.64. The molecule has 17 heavy (non-hydrogen) atoms. The number of hydrogen-bond donors (Lipinski definition) is 1. The lowest BCUT2D eigenvalue weighted by molar-refractivity contribution is 0.0871. The fourth-order valence-electron chi connectivity index (χ4n) is 3.34. The van der Waals surface area contributed by atoms with Crippen LogP contribution in [-0.2, 0) is 4.74 Å². The predicted octanol–water partition coefficient (Wildman–Crippen LogP) is 2.02. The molecule has 1 aliphatic carbocycles. The lowest BCUT2D eigenvalue weighted by Crippen LogP contribution is -2.50. The molecule has 1 saturated heterocycles. The number of nitrogens with zero attached hydrogens (tertiary/aromatic N) is 1. The molecular weight excluding hydrogens is 212 g/mol. The smallest absolute Gasteiger partial charge is 0.0593 e. The molecule has 0 aromatic rings. The summed E-state index contributed by atoms with van der Waals surface area (Å²) in [5.41, 5.74) is 0.428. The first-order valence-electron chi connectivity index (χ1n) is 7.32. The minimum absolute atomic E-state index is 0.428. The molecule has 1 N–H and O–H groups in total. The Labute approximate surface area is 106 Å². The molecule has 1 spiro atoms. The Kier molecular flexibility index (Phi) is 4.83. The van der Waals surface area contributed by atoms with Gasteiger partial charge in [-0.25, -0.2) is 0 Å². The maximum Gasteiger partial charge on any atom is 0.0593 e. The van der Waals surface area contributed by atoms with Gasteiger partial charge in [-0.05, 0) is 39.7 Å². The standard InChI is InChI=1S/C14H28N2O/c1-3-17-11-10-16-12-14(7-4-5-8-14)15-9-6-13(16)2/h13,15H,3-12H2,1-2H3. The van der Waals surface area contributed by atoms with Crippen molar-refractivity contribution >= 4 is 0 Å². The van der Waals surface area contributed by atoms with Crippen molar-refractivity contribution in [1.82, 2.24) is 10.2 Å². The van der Waals surface area contributed by atoms with Crippen LogP contribution >= 0.6 is 0 Å². The molecule has 2 aliphatic rings. The summed E-state index contributed by atoms with van der Waals surface area (Å²) in [6, 6.07) is 0.697. The second kappa shape index (κ2) is 6.17. The van der Waals surface area contributed by atoms with Crippen LogP contribution < -0.4 is 5.32 Å². The molecule has 1 aliphatic heterocycles. The van der Waals surface area contributed by atoms with E-state index in [4.69, 9.17) is 4.74 Å². The zero-order valence-corrected chi connectivity index (χ0v) is 11.5. The highest BCUT2D eigenvalue weighted by atomic mass is 16.5. The summed E-state index contributed by atoms with van der Waals surface area (Å²) in [7, 11) is 0. The van der Waals surface area contributed by atoms with Crippen LogP contribution in [0, 0.1) is 0 Å². The van der Waals surface area contributed by atoms with Crippen molar-refractivity contribution in [1.29, 1.82) is 0 Å². The van der Waals surface area contributed by atoms with Gasteiger partial charge in [0.1, 0.15) is 0 Å². The van der Waals surface area contributed by atoms with E-state index >= 15 is 0 Å². The van der Waals surface area contributed by atoms with Gasteiger partial charge in [-0.3, -0.25) is 4.90 Å². The molecule has 3 nitrogen and oxygen atoms in total. The van der Waals surface area contributed by atoms with Crippen LogP contribution in [0.4, 0.5) is 0 Å². The molecule has 0 bridgehead atoms. The number of rotatable bonds is 4. The number of hydrogen-bond acceptors (Lipinski definition) is 3. The van der Waals surface area contributed by atoms with Crippen molar-refractivity contribution in [3.05, 3.63) is 0 Å². The van der Waals surface area contributed by atoms with Gasteiger partial charge >= 0.3 is 0 Å². The largest absolute Gasteiger partial charge is 0.380 e. The van der Waals surface area contributed by atoms with E-state index in [1.165, 1.54) is 45.2 Å². The van der Waals surface area contributed by atoms with Gasteiger partial charge in [0.2, 0.25) is 0 Å². The van der Waals surface area contributed by atoms with Crippen LogP contribution in [0.1, 0.15) is 46.0 Å². The summed E-state index contributed by atoms with van der Waals surface area (Å²) in [6.07, 6.45) is 6.81. The van der Waals surface area contributed by atoms with E-state index < -0.39 is 0 Å². The molecule has 0 aromatic carbocycles. The molecule has 0 amide bonds. The third kappa shape index (κ3) is 3.43. The van der Waals surface area contributed by atoms with Gasteiger partial charge in [-0.1, -0.05) is 12.8 Å². The van der Waals surface area contributed by atoms with Crippen molar-refractivity contribution in [2.75, 3.05) is 32.8 Å². The fourth-order valence-corrected chi connectivity index (χ4v) is 3.34. The van der Waals surface area contributed by atoms with E-state index in [0.717, 1.165) is 19.8 Å². The second-order valence-corrected chi connectivity index (χ2v) is 5.72. The zero-order chi connectivity index (χ0) is 12.1. The zero-order valence-electron chi connectivity index (χ0n) is 11.5. The first-order valence-corrected chi connectivity index (χ1v) is 7.32. The Morgan fingerprint density at radius 1 is 1.35 bits per heavy atom. The lowest BCUT2D eigenvalue weighted by atomic mass is 9.97. The second-order valence-electron chi connectivity index (χ2n) is 5.72. The third-order valence-corrected chi connectivity index (χ3v) is 4.48. The average molecular weight is 240 g/mol. The first kappa shape index (κ1) is 13.3. The van der Waals surface area contributed by atoms with Crippen LogP contribution in [0.3, 0.4) is 0 Å². The molecule has 0 radical (unpaired) electrons. The van der Waals surface area contributed by atoms with Gasteiger partial charge < -0.3 is 10.1 Å². The Balaban J connectivity index is 1.91. The predicted molar refractivity (Wildman–Crippen MR) is 71.3 cm³/mol. The molecule has 1 unspecified atom stereocenters. The summed E-state index contributed by atoms with van der Waals surface area (Å²) < 4.78 is 5.51. The minimum atomic E-state index is 0.428. The van der Waals surface area contributed by atoms with E-state index in [2.05, 4.69) is 24.1 Å². The average Bonchev–Trinajstić information content (AvgIpc) is 2.70. The summed E-state index contributed by atoms with van der Waals surface area (Å²) in [5.74, 6) is 0. The molecule has 3 heteroatoms. The van der Waals surface area contributed by atoms with E-state index in [9.17, 15) is 0 Å². The fraction of sp³-hybridized carbons (Fsp3) is 1.00. The lowest BCUT2D eigenvalue weighted by Gasteiger charge is -2.35. The topological polar surface area (TPSA) is 24.5 Å². The van der Waals surface area contributed by atoms with E-state index in [-0.39, 0.29) is 0 Å². The highest BCUT2D eigenvalue weighted by Gasteiger charge is 2.37. The van der Waals surface area contributed by atoms with Crippen LogP contribution in [0.2, 0.25) is 0 Å². The normalized spacial score (nSPS) is 29.6. The molecule has 2 rings (SSSR count). The van der Waals surface area contributed by atoms with E-state index in [1.807, 2.05) is 0 Å². The van der Waals surface area contributed by atoms with Crippen LogP contribution in [0.5, 0.6) is 0 Å². The summed E-state index contributed by atoms with van der Waals surface area (Å²) in [6.45, 7) is 9.67. The van der Waals surface area contributed by atoms with E-state index in [1.54, 1.807) is 0 Å². The van der Waals surface area contributed by atoms with Crippen molar-refractivity contribution in [2.45, 2.75) is 57.5 Å². The van der Waals surface area contributed by atoms with Gasteiger partial charge in [-0.2, -0.15) is 0 Å². The molecular formula is C14H28N2O. The number of ether oxygens (including phenoxy) is 1. The van der Waals surface area contributed by atoms with Gasteiger partial charge in [0, 0.05) is 31.3 Å². The van der Waals surface area contributed by atoms with Gasteiger partial charge in [-0.15, -0.1) is 0 Å². The molecule has 0 aromatic heterocycles. The molecule has 2 fully saturated rings. The maximum atomic E-state index is 5.51. The Morgan fingerprint density at radius 3 is 2.82 bits per heavy atom. The van der Waals surface area contributed by atoms with Crippen LogP contribution in [0.15, 0.2) is 0 Å². The summed E-state index contributed by atoms with van der Waals surface area (Å²) in [5, 5.41) is 3.83. The SMILES string of the molecule is CCOCCN1CC2(CCCC2)NCCC1C. The van der Waals surface area contributed by atoms with Crippen molar-refractivity contribution in [3.63, 3.8) is 0 Å². The quantitative estimate of drug-likeness (QED) is 0.761. The maximum absolute atomic E-state index is 5.51. The highest BCUT2D eigenvalue weighted by molar-refractivity contribution is 4.98. The molecule has 1 heterocycles. The van der Waals surface area contributed by atoms with Crippen LogP contribution in [-0.4, -0.2) is 49.3 Å². The monoisotopic (exact) mass is 240 g/mol. The van der Waals surface area contributed by atoms with Gasteiger partial charge in [0.25, 0.3) is 0 Å². The van der Waals surface area contributed by atoms with Gasteiger partial charge in [0.05, 0.1) is 6.61 Å². The van der Waals surface area contributed by atoms with E-state index in [0.29, 0.717) is 11.6 Å². The van der Waals surface area contributed by atoms with Crippen molar-refractivity contribution in [2.24, 2.45) is 0 Å². The molecule has 100 valence electrons. The van der Waals surface area contributed by atoms with Gasteiger partial charge in [0.15, 0.2) is 0 Å². The molecule has 1 atom stereocenters. The van der Waals surface area contributed by atoms with Crippen LogP contribution in [0.25, 0.3) is 0 Å². The third-order valence-electron chi connectivity index (χ3n) is 4.48. The first-order chi connectivity index (χ1) is 8.26. The van der Waals surface area contributed by atoms with Crippen molar-refractivity contribution in [3.8, 4) is 0 Å². The van der Waals surface area contributed by atoms with Crippen molar-refractivity contribution < 1.29 is 4.74 Å². The Bertz CT molecular complexity index is 226. The highest BCUT2D eigenvalue weighted by Crippen LogP contribution is 2.32. The Hall–Kier alpha value is -0.120. The molecule has 1 saturated carbocycles. The number of nitrogens with one attached hydrogen (secondary N) is 1.